The van der Waals surface area contributed by atoms with Crippen LogP contribution in [-0.2, 0) is 13.0 Å². The molecule has 3 aromatic rings. The number of benzene rings is 1. The summed E-state index contributed by atoms with van der Waals surface area (Å²) < 4.78 is 6.72. The van der Waals surface area contributed by atoms with E-state index >= 15 is 0 Å². The molecule has 0 aliphatic rings. The van der Waals surface area contributed by atoms with Gasteiger partial charge in [-0.3, -0.25) is 0 Å². The van der Waals surface area contributed by atoms with Gasteiger partial charge < -0.3 is 4.57 Å². The monoisotopic (exact) mass is 292 g/mol. The van der Waals surface area contributed by atoms with Gasteiger partial charge >= 0.3 is 0 Å². The highest BCUT2D eigenvalue weighted by atomic mass is 35.5. The van der Waals surface area contributed by atoms with Gasteiger partial charge in [0.05, 0.1) is 17.6 Å². The molecule has 6 heteroatoms. The molecule has 3 rings (SSSR count). The molecule has 0 bridgehead atoms. The summed E-state index contributed by atoms with van der Waals surface area (Å²) in [5, 5.41) is 4.09. The van der Waals surface area contributed by atoms with Gasteiger partial charge in [-0.05, 0) is 18.6 Å². The lowest BCUT2D eigenvalue weighted by Crippen LogP contribution is -2.05. The molecule has 0 aliphatic carbocycles. The van der Waals surface area contributed by atoms with Crippen LogP contribution >= 0.6 is 23.1 Å². The summed E-state index contributed by atoms with van der Waals surface area (Å²) in [4.78, 5) is 4.69. The van der Waals surface area contributed by atoms with Crippen molar-refractivity contribution in [2.24, 2.45) is 0 Å². The van der Waals surface area contributed by atoms with Gasteiger partial charge in [-0.15, -0.1) is 5.10 Å². The van der Waals surface area contributed by atoms with Crippen molar-refractivity contribution >= 4 is 34.2 Å². The maximum atomic E-state index is 6.10. The lowest BCUT2D eigenvalue weighted by atomic mass is 10.3. The maximum Gasteiger partial charge on any atom is 0.139 e. The SMILES string of the molecule is CCCc1nc2ccccc2n1Cc1nnsc1Cl. The average molecular weight is 293 g/mol. The minimum absolute atomic E-state index is 0.630. The lowest BCUT2D eigenvalue weighted by molar-refractivity contribution is 0.708. The molecular weight excluding hydrogens is 280 g/mol. The van der Waals surface area contributed by atoms with Gasteiger partial charge in [0.2, 0.25) is 0 Å². The van der Waals surface area contributed by atoms with Gasteiger partial charge in [0.15, 0.2) is 0 Å². The molecule has 98 valence electrons. The van der Waals surface area contributed by atoms with Crippen LogP contribution in [0.25, 0.3) is 11.0 Å². The Kier molecular flexibility index (Phi) is 3.48. The average Bonchev–Trinajstić information content (AvgIpc) is 2.96. The molecule has 0 saturated carbocycles. The minimum atomic E-state index is 0.630. The van der Waals surface area contributed by atoms with Crippen LogP contribution in [0.5, 0.6) is 0 Å². The van der Waals surface area contributed by atoms with Gasteiger partial charge in [-0.2, -0.15) is 0 Å². The predicted octanol–water partition coefficient (Wildman–Crippen LogP) is 3.54. The van der Waals surface area contributed by atoms with Crippen molar-refractivity contribution in [1.29, 1.82) is 0 Å². The fourth-order valence-corrected chi connectivity index (χ4v) is 2.77. The number of nitrogens with zero attached hydrogens (tertiary/aromatic N) is 4. The molecule has 0 aliphatic heterocycles. The molecular formula is C13H13ClN4S. The Bertz CT molecular complexity index is 704. The van der Waals surface area contributed by atoms with Gasteiger partial charge in [-0.25, -0.2) is 4.98 Å². The normalized spacial score (nSPS) is 11.3. The van der Waals surface area contributed by atoms with Crippen molar-refractivity contribution in [2.45, 2.75) is 26.3 Å². The summed E-state index contributed by atoms with van der Waals surface area (Å²) in [6.45, 7) is 2.78. The van der Waals surface area contributed by atoms with Crippen LogP contribution in [0.4, 0.5) is 0 Å². The van der Waals surface area contributed by atoms with E-state index in [1.807, 2.05) is 18.2 Å². The number of halogens is 1. The Morgan fingerprint density at radius 1 is 1.32 bits per heavy atom. The largest absolute Gasteiger partial charge is 0.322 e. The van der Waals surface area contributed by atoms with E-state index in [1.54, 1.807) is 0 Å². The van der Waals surface area contributed by atoms with Crippen LogP contribution in [-0.4, -0.2) is 19.1 Å². The molecule has 0 fully saturated rings. The first kappa shape index (κ1) is 12.6. The highest BCUT2D eigenvalue weighted by Gasteiger charge is 2.13. The number of hydrogen-bond donors (Lipinski definition) is 0. The summed E-state index contributed by atoms with van der Waals surface area (Å²) in [6, 6.07) is 8.14. The number of rotatable bonds is 4. The van der Waals surface area contributed by atoms with Gasteiger partial charge in [0.1, 0.15) is 15.9 Å². The first-order valence-corrected chi connectivity index (χ1v) is 7.35. The Balaban J connectivity index is 2.09. The highest BCUT2D eigenvalue weighted by molar-refractivity contribution is 7.10. The zero-order chi connectivity index (χ0) is 13.2. The lowest BCUT2D eigenvalue weighted by Gasteiger charge is -2.06. The number of aromatic nitrogens is 4. The second-order valence-corrected chi connectivity index (χ2v) is 5.70. The van der Waals surface area contributed by atoms with E-state index in [-0.39, 0.29) is 0 Å². The molecule has 1 aromatic carbocycles. The third-order valence-corrected chi connectivity index (χ3v) is 4.01. The first-order chi connectivity index (χ1) is 9.29. The third kappa shape index (κ3) is 2.35. The van der Waals surface area contributed by atoms with E-state index in [2.05, 4.69) is 32.1 Å². The smallest absolute Gasteiger partial charge is 0.139 e. The molecule has 0 atom stereocenters. The van der Waals surface area contributed by atoms with E-state index in [4.69, 9.17) is 11.6 Å². The minimum Gasteiger partial charge on any atom is -0.322 e. The molecule has 0 spiro atoms. The topological polar surface area (TPSA) is 43.6 Å². The molecule has 0 radical (unpaired) electrons. The van der Waals surface area contributed by atoms with Crippen molar-refractivity contribution in [1.82, 2.24) is 19.1 Å². The standard InChI is InChI=1S/C13H13ClN4S/c1-2-5-12-15-9-6-3-4-7-11(9)18(12)8-10-13(14)19-17-16-10/h3-4,6-7H,2,5,8H2,1H3. The van der Waals surface area contributed by atoms with Crippen molar-refractivity contribution in [2.75, 3.05) is 0 Å². The summed E-state index contributed by atoms with van der Waals surface area (Å²) in [5.41, 5.74) is 2.95. The third-order valence-electron chi connectivity index (χ3n) is 3.02. The molecule has 2 aromatic heterocycles. The Hall–Kier alpha value is -1.46. The number of aryl methyl sites for hydroxylation is 1. The molecule has 0 saturated heterocycles. The van der Waals surface area contributed by atoms with Crippen molar-refractivity contribution in [3.63, 3.8) is 0 Å². The summed E-state index contributed by atoms with van der Waals surface area (Å²) >= 11 is 7.32. The fourth-order valence-electron chi connectivity index (χ4n) is 2.16. The van der Waals surface area contributed by atoms with Crippen LogP contribution in [0.15, 0.2) is 24.3 Å². The molecule has 4 nitrogen and oxygen atoms in total. The number of para-hydroxylation sites is 2. The second kappa shape index (κ2) is 5.27. The fraction of sp³-hybridized carbons (Fsp3) is 0.308. The number of hydrogen-bond acceptors (Lipinski definition) is 4. The number of imidazole rings is 1. The predicted molar refractivity (Wildman–Crippen MR) is 77.7 cm³/mol. The Morgan fingerprint density at radius 3 is 2.89 bits per heavy atom. The Morgan fingerprint density at radius 2 is 2.16 bits per heavy atom. The van der Waals surface area contributed by atoms with Crippen LogP contribution < -0.4 is 0 Å². The second-order valence-electron chi connectivity index (χ2n) is 4.35. The molecule has 0 N–H and O–H groups in total. The van der Waals surface area contributed by atoms with E-state index in [0.29, 0.717) is 10.9 Å². The quantitative estimate of drug-likeness (QED) is 0.739. The number of fused-ring (bicyclic) bond motifs is 1. The van der Waals surface area contributed by atoms with Gasteiger partial charge in [0.25, 0.3) is 0 Å². The van der Waals surface area contributed by atoms with E-state index < -0.39 is 0 Å². The summed E-state index contributed by atoms with van der Waals surface area (Å²) in [5.74, 6) is 1.08. The van der Waals surface area contributed by atoms with E-state index in [9.17, 15) is 0 Å². The van der Waals surface area contributed by atoms with Gasteiger partial charge in [-0.1, -0.05) is 35.1 Å². The van der Waals surface area contributed by atoms with Gasteiger partial charge in [0, 0.05) is 18.0 Å². The maximum absolute atomic E-state index is 6.10. The molecule has 2 heterocycles. The van der Waals surface area contributed by atoms with Crippen molar-refractivity contribution in [3.8, 4) is 0 Å². The summed E-state index contributed by atoms with van der Waals surface area (Å²) in [6.07, 6.45) is 2.01. The molecule has 19 heavy (non-hydrogen) atoms. The zero-order valence-electron chi connectivity index (χ0n) is 10.5. The highest BCUT2D eigenvalue weighted by Crippen LogP contribution is 2.22. The van der Waals surface area contributed by atoms with E-state index in [1.165, 1.54) is 11.5 Å². The van der Waals surface area contributed by atoms with Crippen LogP contribution in [0.3, 0.4) is 0 Å². The van der Waals surface area contributed by atoms with E-state index in [0.717, 1.165) is 35.4 Å². The molecule has 0 amide bonds. The van der Waals surface area contributed by atoms with Crippen LogP contribution in [0.1, 0.15) is 24.9 Å². The van der Waals surface area contributed by atoms with Crippen LogP contribution in [0, 0.1) is 0 Å². The first-order valence-electron chi connectivity index (χ1n) is 6.20. The Labute approximate surface area is 120 Å². The summed E-state index contributed by atoms with van der Waals surface area (Å²) in [7, 11) is 0. The van der Waals surface area contributed by atoms with Crippen molar-refractivity contribution < 1.29 is 0 Å². The van der Waals surface area contributed by atoms with Crippen LogP contribution in [0.2, 0.25) is 4.34 Å². The van der Waals surface area contributed by atoms with Crippen molar-refractivity contribution in [3.05, 3.63) is 40.1 Å². The zero-order valence-corrected chi connectivity index (χ0v) is 12.1. The molecule has 0 unspecified atom stereocenters.